The number of hydrogen-bond donors (Lipinski definition) is 1. The van der Waals surface area contributed by atoms with E-state index in [9.17, 15) is 4.79 Å². The van der Waals surface area contributed by atoms with Crippen molar-refractivity contribution in [3.8, 4) is 5.69 Å². The smallest absolute Gasteiger partial charge is 0.240 e. The molecule has 31 heavy (non-hydrogen) atoms. The fraction of sp³-hybridized carbons (Fsp3) is 0.583. The van der Waals surface area contributed by atoms with Crippen molar-refractivity contribution in [3.05, 3.63) is 47.8 Å². The van der Waals surface area contributed by atoms with E-state index in [2.05, 4.69) is 46.8 Å². The monoisotopic (exact) mass is 441 g/mol. The Hall–Kier alpha value is -1.83. The molecular weight excluding hydrogens is 406 g/mol. The number of aromatic nitrogens is 2. The number of nitrogens with two attached hydrogens (primary N) is 1. The molecular formula is C24H35N5OS. The van der Waals surface area contributed by atoms with Crippen molar-refractivity contribution < 1.29 is 4.79 Å². The molecule has 0 bridgehead atoms. The summed E-state index contributed by atoms with van der Waals surface area (Å²) in [5.41, 5.74) is 9.71. The molecule has 0 aliphatic carbocycles. The Morgan fingerprint density at radius 2 is 1.97 bits per heavy atom. The minimum atomic E-state index is -0.328. The molecule has 1 amide bonds. The number of carbonyl (C=O) groups excluding carboxylic acids is 1. The average molecular weight is 442 g/mol. The molecule has 2 saturated heterocycles. The fourth-order valence-corrected chi connectivity index (χ4v) is 5.64. The number of thioether (sulfide) groups is 1. The van der Waals surface area contributed by atoms with Crippen LogP contribution in [-0.2, 0) is 4.79 Å². The maximum atomic E-state index is 12.3. The zero-order chi connectivity index (χ0) is 21.6. The van der Waals surface area contributed by atoms with Gasteiger partial charge >= 0.3 is 0 Å². The summed E-state index contributed by atoms with van der Waals surface area (Å²) < 4.78 is 2.13. The number of para-hydroxylation sites is 1. The van der Waals surface area contributed by atoms with E-state index in [4.69, 9.17) is 10.8 Å². The molecule has 0 radical (unpaired) electrons. The highest BCUT2D eigenvalue weighted by Gasteiger charge is 2.25. The average Bonchev–Trinajstić information content (AvgIpc) is 3.47. The zero-order valence-corrected chi connectivity index (χ0v) is 19.4. The van der Waals surface area contributed by atoms with Crippen molar-refractivity contribution in [2.24, 2.45) is 5.73 Å². The van der Waals surface area contributed by atoms with Crippen LogP contribution in [0, 0.1) is 6.92 Å². The highest BCUT2D eigenvalue weighted by atomic mass is 32.2. The molecule has 7 heteroatoms. The van der Waals surface area contributed by atoms with Crippen LogP contribution in [0.3, 0.4) is 0 Å². The van der Waals surface area contributed by atoms with Gasteiger partial charge in [-0.2, -0.15) is 5.10 Å². The van der Waals surface area contributed by atoms with E-state index in [0.717, 1.165) is 68.5 Å². The minimum Gasteiger partial charge on any atom is -0.331 e. The molecule has 0 saturated carbocycles. The molecule has 2 aliphatic heterocycles. The first-order chi connectivity index (χ1) is 15.1. The van der Waals surface area contributed by atoms with Crippen molar-refractivity contribution in [1.82, 2.24) is 19.6 Å². The predicted molar refractivity (Wildman–Crippen MR) is 128 cm³/mol. The topological polar surface area (TPSA) is 67.4 Å². The number of aryl methyl sites for hydroxylation is 1. The number of likely N-dealkylation sites (tertiary alicyclic amines) is 1. The SMILES string of the molecule is Cc1cc(C2CCN(CCCCC(N)C(=O)N3CCSC3)CC2)n(-c2ccccc2)n1. The normalized spacial score (nSPS) is 19.1. The van der Waals surface area contributed by atoms with Gasteiger partial charge in [0.05, 0.1) is 23.3 Å². The predicted octanol–water partition coefficient (Wildman–Crippen LogP) is 3.39. The van der Waals surface area contributed by atoms with E-state index in [0.29, 0.717) is 5.92 Å². The quantitative estimate of drug-likeness (QED) is 0.636. The Balaban J connectivity index is 1.21. The van der Waals surface area contributed by atoms with Crippen LogP contribution in [0.25, 0.3) is 5.69 Å². The number of hydrogen-bond acceptors (Lipinski definition) is 5. The molecule has 1 atom stereocenters. The summed E-state index contributed by atoms with van der Waals surface area (Å²) in [6.45, 7) is 6.29. The van der Waals surface area contributed by atoms with E-state index >= 15 is 0 Å². The minimum absolute atomic E-state index is 0.135. The van der Waals surface area contributed by atoms with Gasteiger partial charge in [-0.05, 0) is 70.4 Å². The molecule has 1 unspecified atom stereocenters. The maximum absolute atomic E-state index is 12.3. The third-order valence-electron chi connectivity index (χ3n) is 6.49. The fourth-order valence-electron chi connectivity index (χ4n) is 4.68. The highest BCUT2D eigenvalue weighted by molar-refractivity contribution is 7.99. The summed E-state index contributed by atoms with van der Waals surface area (Å²) >= 11 is 1.81. The number of nitrogens with zero attached hydrogens (tertiary/aromatic N) is 4. The Bertz CT molecular complexity index is 841. The molecule has 4 rings (SSSR count). The van der Waals surface area contributed by atoms with Crippen LogP contribution >= 0.6 is 11.8 Å². The number of unbranched alkanes of at least 4 members (excludes halogenated alkanes) is 1. The summed E-state index contributed by atoms with van der Waals surface area (Å²) in [5.74, 6) is 2.54. The largest absolute Gasteiger partial charge is 0.331 e. The zero-order valence-electron chi connectivity index (χ0n) is 18.6. The second kappa shape index (κ2) is 10.7. The van der Waals surface area contributed by atoms with Crippen molar-refractivity contribution in [1.29, 1.82) is 0 Å². The van der Waals surface area contributed by atoms with Crippen LogP contribution in [0.1, 0.15) is 49.4 Å². The first-order valence-electron chi connectivity index (χ1n) is 11.6. The van der Waals surface area contributed by atoms with E-state index in [1.165, 1.54) is 18.5 Å². The summed E-state index contributed by atoms with van der Waals surface area (Å²) in [6, 6.07) is 12.4. The van der Waals surface area contributed by atoms with Gasteiger partial charge in [0.2, 0.25) is 5.91 Å². The molecule has 3 heterocycles. The summed E-state index contributed by atoms with van der Waals surface area (Å²) in [6.07, 6.45) is 5.27. The number of rotatable bonds is 8. The lowest BCUT2D eigenvalue weighted by molar-refractivity contribution is -0.131. The first-order valence-corrected chi connectivity index (χ1v) is 12.7. The molecule has 1 aromatic carbocycles. The molecule has 1 aromatic heterocycles. The van der Waals surface area contributed by atoms with E-state index in [1.54, 1.807) is 0 Å². The van der Waals surface area contributed by atoms with Gasteiger partial charge in [-0.25, -0.2) is 4.68 Å². The number of benzene rings is 1. The van der Waals surface area contributed by atoms with E-state index < -0.39 is 0 Å². The summed E-state index contributed by atoms with van der Waals surface area (Å²) in [4.78, 5) is 16.8. The molecule has 2 aromatic rings. The lowest BCUT2D eigenvalue weighted by Gasteiger charge is -2.32. The van der Waals surface area contributed by atoms with E-state index in [1.807, 2.05) is 22.7 Å². The van der Waals surface area contributed by atoms with Gasteiger partial charge in [0.15, 0.2) is 0 Å². The van der Waals surface area contributed by atoms with Crippen LogP contribution in [-0.4, -0.2) is 69.3 Å². The molecule has 2 fully saturated rings. The lowest BCUT2D eigenvalue weighted by atomic mass is 9.93. The van der Waals surface area contributed by atoms with Gasteiger partial charge in [-0.1, -0.05) is 24.6 Å². The third kappa shape index (κ3) is 5.70. The molecule has 168 valence electrons. The van der Waals surface area contributed by atoms with Crippen molar-refractivity contribution >= 4 is 17.7 Å². The number of amides is 1. The molecule has 0 spiro atoms. The third-order valence-corrected chi connectivity index (χ3v) is 7.45. The molecule has 2 N–H and O–H groups in total. The van der Waals surface area contributed by atoms with Gasteiger partial charge in [0, 0.05) is 23.9 Å². The summed E-state index contributed by atoms with van der Waals surface area (Å²) in [7, 11) is 0. The van der Waals surface area contributed by atoms with Gasteiger partial charge < -0.3 is 15.5 Å². The Kier molecular flexibility index (Phi) is 7.69. The van der Waals surface area contributed by atoms with Crippen molar-refractivity contribution in [3.63, 3.8) is 0 Å². The standard InChI is InChI=1S/C24H35N5OS/c1-19-17-23(29(26-19)21-7-3-2-4-8-21)20-10-13-27(14-11-20)12-6-5-9-22(25)24(30)28-15-16-31-18-28/h2-4,7-8,17,20,22H,5-6,9-16,18,25H2,1H3. The number of piperidine rings is 1. The van der Waals surface area contributed by atoms with Crippen LogP contribution < -0.4 is 5.73 Å². The Morgan fingerprint density at radius 1 is 1.19 bits per heavy atom. The Morgan fingerprint density at radius 3 is 2.68 bits per heavy atom. The van der Waals surface area contributed by atoms with E-state index in [-0.39, 0.29) is 11.9 Å². The van der Waals surface area contributed by atoms with Crippen molar-refractivity contribution in [2.45, 2.75) is 51.0 Å². The maximum Gasteiger partial charge on any atom is 0.240 e. The van der Waals surface area contributed by atoms with Crippen LogP contribution in [0.2, 0.25) is 0 Å². The van der Waals surface area contributed by atoms with Gasteiger partial charge in [0.25, 0.3) is 0 Å². The van der Waals surface area contributed by atoms with Crippen molar-refractivity contribution in [2.75, 3.05) is 37.8 Å². The van der Waals surface area contributed by atoms with Crippen LogP contribution in [0.5, 0.6) is 0 Å². The van der Waals surface area contributed by atoms with Gasteiger partial charge in [0.1, 0.15) is 0 Å². The molecule has 6 nitrogen and oxygen atoms in total. The second-order valence-corrected chi connectivity index (χ2v) is 9.89. The van der Waals surface area contributed by atoms with Gasteiger partial charge in [-0.3, -0.25) is 4.79 Å². The highest BCUT2D eigenvalue weighted by Crippen LogP contribution is 2.30. The first kappa shape index (κ1) is 22.4. The van der Waals surface area contributed by atoms with Crippen LogP contribution in [0.15, 0.2) is 36.4 Å². The van der Waals surface area contributed by atoms with Crippen LogP contribution in [0.4, 0.5) is 0 Å². The summed E-state index contributed by atoms with van der Waals surface area (Å²) in [5, 5.41) is 4.75. The molecule has 2 aliphatic rings. The Labute approximate surface area is 190 Å². The second-order valence-electron chi connectivity index (χ2n) is 8.82. The number of carbonyl (C=O) groups is 1. The van der Waals surface area contributed by atoms with Gasteiger partial charge in [-0.15, -0.1) is 11.8 Å². The lowest BCUT2D eigenvalue weighted by Crippen LogP contribution is -2.42.